The van der Waals surface area contributed by atoms with Crippen molar-refractivity contribution < 1.29 is 4.79 Å². The Morgan fingerprint density at radius 3 is 2.54 bits per heavy atom. The Hall–Kier alpha value is -3.35. The van der Waals surface area contributed by atoms with Gasteiger partial charge in [0.1, 0.15) is 6.67 Å². The summed E-state index contributed by atoms with van der Waals surface area (Å²) in [4.78, 5) is 38.8. The van der Waals surface area contributed by atoms with Crippen LogP contribution in [0.3, 0.4) is 0 Å². The van der Waals surface area contributed by atoms with Crippen LogP contribution in [0.1, 0.15) is 5.56 Å². The first-order valence-corrected chi connectivity index (χ1v) is 7.38. The molecule has 0 unspecified atom stereocenters. The third kappa shape index (κ3) is 3.19. The molecule has 0 bridgehead atoms. The van der Waals surface area contributed by atoms with Crippen LogP contribution >= 0.6 is 0 Å². The summed E-state index contributed by atoms with van der Waals surface area (Å²) in [7, 11) is 0. The highest BCUT2D eigenvalue weighted by atomic mass is 16.2. The second kappa shape index (κ2) is 6.41. The molecule has 0 radical (unpaired) electrons. The SMILES string of the molecule is Cc1ccc(NC(=O)NCn2c(=O)[nH]c3ccccc3c2=O)cc1. The Kier molecular flexibility index (Phi) is 4.15. The van der Waals surface area contributed by atoms with Gasteiger partial charge in [0, 0.05) is 5.69 Å². The predicted octanol–water partition coefficient (Wildman–Crippen LogP) is 1.78. The van der Waals surface area contributed by atoms with Crippen molar-refractivity contribution in [3.05, 3.63) is 74.9 Å². The second-order valence-corrected chi connectivity index (χ2v) is 5.36. The summed E-state index contributed by atoms with van der Waals surface area (Å²) in [6.07, 6.45) is 0. The zero-order valence-corrected chi connectivity index (χ0v) is 13.0. The number of carbonyl (C=O) groups excluding carboxylic acids is 1. The van der Waals surface area contributed by atoms with E-state index in [1.165, 1.54) is 0 Å². The number of rotatable bonds is 3. The van der Waals surface area contributed by atoms with Crippen molar-refractivity contribution in [3.63, 3.8) is 0 Å². The van der Waals surface area contributed by atoms with E-state index in [-0.39, 0.29) is 6.67 Å². The molecule has 3 N–H and O–H groups in total. The lowest BCUT2D eigenvalue weighted by atomic mass is 10.2. The first-order valence-electron chi connectivity index (χ1n) is 7.38. The number of hydrogen-bond acceptors (Lipinski definition) is 3. The van der Waals surface area contributed by atoms with Crippen LogP contribution < -0.4 is 21.9 Å². The van der Waals surface area contributed by atoms with Crippen molar-refractivity contribution in [2.45, 2.75) is 13.6 Å². The zero-order chi connectivity index (χ0) is 17.1. The molecule has 0 fully saturated rings. The van der Waals surface area contributed by atoms with Gasteiger partial charge in [-0.2, -0.15) is 0 Å². The smallest absolute Gasteiger partial charge is 0.320 e. The summed E-state index contributed by atoms with van der Waals surface area (Å²) in [6, 6.07) is 13.5. The Bertz CT molecular complexity index is 1000. The van der Waals surface area contributed by atoms with Crippen LogP contribution in [-0.2, 0) is 6.67 Å². The summed E-state index contributed by atoms with van der Waals surface area (Å²) in [5.41, 5.74) is 1.14. The summed E-state index contributed by atoms with van der Waals surface area (Å²) in [5, 5.41) is 5.53. The van der Waals surface area contributed by atoms with Crippen LogP contribution in [0.4, 0.5) is 10.5 Å². The summed E-state index contributed by atoms with van der Waals surface area (Å²) in [5.74, 6) is 0. The van der Waals surface area contributed by atoms with Gasteiger partial charge in [-0.25, -0.2) is 14.2 Å². The Morgan fingerprint density at radius 1 is 1.08 bits per heavy atom. The minimum absolute atomic E-state index is 0.226. The van der Waals surface area contributed by atoms with E-state index in [0.717, 1.165) is 10.1 Å². The number of aryl methyl sites for hydroxylation is 1. The van der Waals surface area contributed by atoms with Crippen LogP contribution in [0.5, 0.6) is 0 Å². The van der Waals surface area contributed by atoms with Gasteiger partial charge in [0.05, 0.1) is 10.9 Å². The summed E-state index contributed by atoms with van der Waals surface area (Å²) >= 11 is 0. The fourth-order valence-electron chi connectivity index (χ4n) is 2.31. The number of amides is 2. The molecule has 24 heavy (non-hydrogen) atoms. The van der Waals surface area contributed by atoms with Crippen LogP contribution in [-0.4, -0.2) is 15.6 Å². The van der Waals surface area contributed by atoms with Gasteiger partial charge in [0.2, 0.25) is 0 Å². The first-order chi connectivity index (χ1) is 11.5. The lowest BCUT2D eigenvalue weighted by molar-refractivity contribution is 0.249. The van der Waals surface area contributed by atoms with Crippen LogP contribution in [0.25, 0.3) is 10.9 Å². The highest BCUT2D eigenvalue weighted by molar-refractivity contribution is 5.89. The van der Waals surface area contributed by atoms with Gasteiger partial charge in [-0.1, -0.05) is 29.8 Å². The number of nitrogens with zero attached hydrogens (tertiary/aromatic N) is 1. The molecule has 122 valence electrons. The molecule has 3 rings (SSSR count). The molecule has 0 spiro atoms. The van der Waals surface area contributed by atoms with Gasteiger partial charge in [0.15, 0.2) is 0 Å². The number of anilines is 1. The van der Waals surface area contributed by atoms with E-state index in [1.54, 1.807) is 36.4 Å². The quantitative estimate of drug-likeness (QED) is 0.685. The van der Waals surface area contributed by atoms with Crippen molar-refractivity contribution in [1.29, 1.82) is 0 Å². The third-order valence-corrected chi connectivity index (χ3v) is 3.60. The number of aromatic nitrogens is 2. The molecule has 0 saturated carbocycles. The second-order valence-electron chi connectivity index (χ2n) is 5.36. The highest BCUT2D eigenvalue weighted by Crippen LogP contribution is 2.08. The van der Waals surface area contributed by atoms with Crippen molar-refractivity contribution >= 4 is 22.6 Å². The molecule has 1 heterocycles. The molecule has 0 atom stereocenters. The maximum atomic E-state index is 12.3. The third-order valence-electron chi connectivity index (χ3n) is 3.60. The summed E-state index contributed by atoms with van der Waals surface area (Å²) < 4.78 is 0.942. The van der Waals surface area contributed by atoms with E-state index in [1.807, 2.05) is 19.1 Å². The molecule has 7 heteroatoms. The van der Waals surface area contributed by atoms with E-state index < -0.39 is 17.3 Å². The van der Waals surface area contributed by atoms with Crippen molar-refractivity contribution in [1.82, 2.24) is 14.9 Å². The standard InChI is InChI=1S/C17H16N4O3/c1-11-6-8-12(9-7-11)19-16(23)18-10-21-15(22)13-4-2-3-5-14(13)20-17(21)24/h2-9H,10H2,1H3,(H,20,24)(H2,18,19,23). The molecule has 1 aromatic heterocycles. The molecule has 3 aromatic rings. The van der Waals surface area contributed by atoms with Gasteiger partial charge in [-0.05, 0) is 31.2 Å². The summed E-state index contributed by atoms with van der Waals surface area (Å²) in [6.45, 7) is 1.72. The number of urea groups is 1. The Balaban J connectivity index is 1.76. The predicted molar refractivity (Wildman–Crippen MR) is 92.2 cm³/mol. The molecule has 0 saturated heterocycles. The van der Waals surface area contributed by atoms with Gasteiger partial charge in [-0.15, -0.1) is 0 Å². The maximum Gasteiger partial charge on any atom is 0.330 e. The Labute approximate surface area is 136 Å². The number of hydrogen-bond donors (Lipinski definition) is 3. The van der Waals surface area contributed by atoms with Crippen LogP contribution in [0.2, 0.25) is 0 Å². The van der Waals surface area contributed by atoms with Crippen LogP contribution in [0.15, 0.2) is 58.1 Å². The van der Waals surface area contributed by atoms with Gasteiger partial charge < -0.3 is 15.6 Å². The normalized spacial score (nSPS) is 10.5. The van der Waals surface area contributed by atoms with Crippen molar-refractivity contribution in [3.8, 4) is 0 Å². The van der Waals surface area contributed by atoms with E-state index in [0.29, 0.717) is 16.6 Å². The number of para-hydroxylation sites is 1. The van der Waals surface area contributed by atoms with Gasteiger partial charge in [-0.3, -0.25) is 4.79 Å². The molecular weight excluding hydrogens is 308 g/mol. The lowest BCUT2D eigenvalue weighted by Gasteiger charge is -2.09. The monoisotopic (exact) mass is 324 g/mol. The topological polar surface area (TPSA) is 96.0 Å². The lowest BCUT2D eigenvalue weighted by Crippen LogP contribution is -2.42. The highest BCUT2D eigenvalue weighted by Gasteiger charge is 2.08. The zero-order valence-electron chi connectivity index (χ0n) is 13.0. The van der Waals surface area contributed by atoms with Crippen molar-refractivity contribution in [2.75, 3.05) is 5.32 Å². The van der Waals surface area contributed by atoms with Gasteiger partial charge >= 0.3 is 11.7 Å². The maximum absolute atomic E-state index is 12.3. The number of carbonyl (C=O) groups is 1. The average molecular weight is 324 g/mol. The molecule has 7 nitrogen and oxygen atoms in total. The minimum atomic E-state index is -0.575. The van der Waals surface area contributed by atoms with Crippen LogP contribution in [0, 0.1) is 6.92 Å². The largest absolute Gasteiger partial charge is 0.330 e. The molecule has 0 aliphatic rings. The fourth-order valence-corrected chi connectivity index (χ4v) is 2.31. The molecule has 2 aromatic carbocycles. The minimum Gasteiger partial charge on any atom is -0.320 e. The number of nitrogens with one attached hydrogen (secondary N) is 3. The molecule has 2 amide bonds. The van der Waals surface area contributed by atoms with E-state index in [9.17, 15) is 14.4 Å². The number of aromatic amines is 1. The molecular formula is C17H16N4O3. The van der Waals surface area contributed by atoms with E-state index in [4.69, 9.17) is 0 Å². The van der Waals surface area contributed by atoms with Gasteiger partial charge in [0.25, 0.3) is 5.56 Å². The van der Waals surface area contributed by atoms with E-state index >= 15 is 0 Å². The van der Waals surface area contributed by atoms with E-state index in [2.05, 4.69) is 15.6 Å². The average Bonchev–Trinajstić information content (AvgIpc) is 2.57. The Morgan fingerprint density at radius 2 is 1.79 bits per heavy atom. The molecule has 0 aliphatic heterocycles. The number of benzene rings is 2. The van der Waals surface area contributed by atoms with Crippen molar-refractivity contribution in [2.24, 2.45) is 0 Å². The fraction of sp³-hybridized carbons (Fsp3) is 0.118. The first kappa shape index (κ1) is 15.5. The number of H-pyrrole nitrogens is 1. The number of fused-ring (bicyclic) bond motifs is 1. The molecule has 0 aliphatic carbocycles.